The van der Waals surface area contributed by atoms with Crippen molar-refractivity contribution < 1.29 is 18.7 Å². The van der Waals surface area contributed by atoms with Crippen LogP contribution in [0.3, 0.4) is 0 Å². The number of esters is 1. The third-order valence-corrected chi connectivity index (χ3v) is 5.37. The Labute approximate surface area is 199 Å². The summed E-state index contributed by atoms with van der Waals surface area (Å²) in [5.41, 5.74) is 3.02. The summed E-state index contributed by atoms with van der Waals surface area (Å²) in [6.45, 7) is -0.576. The van der Waals surface area contributed by atoms with Gasteiger partial charge in [-0.3, -0.25) is 15.2 Å². The minimum absolute atomic E-state index is 0.0172. The fraction of sp³-hybridized carbons (Fsp3) is 0.0370. The lowest BCUT2D eigenvalue weighted by molar-refractivity contribution is -0.119. The molecule has 0 atom stereocenters. The molecule has 0 aliphatic carbocycles. The van der Waals surface area contributed by atoms with Crippen LogP contribution in [0.5, 0.6) is 0 Å². The Morgan fingerprint density at radius 1 is 0.943 bits per heavy atom. The first-order valence-corrected chi connectivity index (χ1v) is 10.7. The molecule has 0 saturated carbocycles. The van der Waals surface area contributed by atoms with E-state index in [0.717, 1.165) is 11.1 Å². The predicted molar refractivity (Wildman–Crippen MR) is 129 cm³/mol. The number of nitriles is 1. The maximum Gasteiger partial charge on any atom is 0.359 e. The number of furan rings is 1. The number of ether oxygens (including phenoxy) is 1. The number of hydrogen-bond acceptors (Lipinski definition) is 6. The predicted octanol–water partition coefficient (Wildman–Crippen LogP) is 5.16. The Kier molecular flexibility index (Phi) is 5.80. The Bertz CT molecular complexity index is 1560. The molecule has 2 aromatic heterocycles. The number of anilines is 1. The van der Waals surface area contributed by atoms with Gasteiger partial charge >= 0.3 is 5.97 Å². The maximum absolute atomic E-state index is 12.6. The molecule has 0 aliphatic heterocycles. The molecule has 0 saturated heterocycles. The quantitative estimate of drug-likeness (QED) is 0.336. The molecule has 8 nitrogen and oxygen atoms in total. The molecule has 0 spiro atoms. The van der Waals surface area contributed by atoms with Gasteiger partial charge in [-0.1, -0.05) is 78.9 Å². The number of para-hydroxylation sites is 1. The number of hydrogen-bond donors (Lipinski definition) is 2. The lowest BCUT2D eigenvalue weighted by atomic mass is 9.98. The van der Waals surface area contributed by atoms with Crippen LogP contribution in [0.2, 0.25) is 0 Å². The van der Waals surface area contributed by atoms with E-state index in [0.29, 0.717) is 22.2 Å². The number of nitrogens with zero attached hydrogens (tertiary/aromatic N) is 2. The van der Waals surface area contributed by atoms with E-state index in [1.165, 1.54) is 0 Å². The Morgan fingerprint density at radius 3 is 2.31 bits per heavy atom. The number of carbonyl (C=O) groups is 2. The van der Waals surface area contributed by atoms with Crippen LogP contribution in [-0.2, 0) is 9.53 Å². The summed E-state index contributed by atoms with van der Waals surface area (Å²) in [4.78, 5) is 25.1. The topological polar surface area (TPSA) is 121 Å². The van der Waals surface area contributed by atoms with Gasteiger partial charge in [0.1, 0.15) is 17.4 Å². The fourth-order valence-corrected chi connectivity index (χ4v) is 3.78. The minimum atomic E-state index is -0.743. The number of amides is 1. The molecule has 0 radical (unpaired) electrons. The van der Waals surface area contributed by atoms with Gasteiger partial charge in [-0.2, -0.15) is 10.4 Å². The molecule has 0 unspecified atom stereocenters. The molecule has 0 bridgehead atoms. The van der Waals surface area contributed by atoms with Gasteiger partial charge in [0.05, 0.1) is 5.52 Å². The van der Waals surface area contributed by atoms with Crippen LogP contribution in [-0.4, -0.2) is 28.7 Å². The van der Waals surface area contributed by atoms with Crippen LogP contribution in [0.4, 0.5) is 5.88 Å². The average Bonchev–Trinajstić information content (AvgIpc) is 3.50. The van der Waals surface area contributed by atoms with Gasteiger partial charge in [0.25, 0.3) is 5.91 Å². The molecule has 2 N–H and O–H groups in total. The van der Waals surface area contributed by atoms with Crippen LogP contribution < -0.4 is 5.32 Å². The van der Waals surface area contributed by atoms with Gasteiger partial charge in [0.2, 0.25) is 5.88 Å². The Balaban J connectivity index is 1.40. The Hall–Kier alpha value is -5.16. The van der Waals surface area contributed by atoms with Gasteiger partial charge in [0, 0.05) is 16.5 Å². The van der Waals surface area contributed by atoms with E-state index < -0.39 is 18.5 Å². The van der Waals surface area contributed by atoms with E-state index >= 15 is 0 Å². The van der Waals surface area contributed by atoms with Crippen molar-refractivity contribution in [1.82, 2.24) is 10.2 Å². The van der Waals surface area contributed by atoms with E-state index in [2.05, 4.69) is 21.6 Å². The molecule has 170 valence electrons. The second kappa shape index (κ2) is 9.37. The number of aromatic amines is 1. The number of fused-ring (bicyclic) bond motifs is 1. The first-order chi connectivity index (χ1) is 17.2. The highest BCUT2D eigenvalue weighted by Crippen LogP contribution is 2.41. The molecule has 1 amide bonds. The first-order valence-electron chi connectivity index (χ1n) is 10.7. The number of nitrogens with one attached hydrogen (secondary N) is 2. The van der Waals surface area contributed by atoms with Crippen molar-refractivity contribution in [1.29, 1.82) is 5.26 Å². The monoisotopic (exact) mass is 462 g/mol. The van der Waals surface area contributed by atoms with Gasteiger partial charge in [-0.05, 0) is 11.6 Å². The van der Waals surface area contributed by atoms with E-state index in [9.17, 15) is 14.9 Å². The van der Waals surface area contributed by atoms with E-state index in [4.69, 9.17) is 9.15 Å². The summed E-state index contributed by atoms with van der Waals surface area (Å²) in [5.74, 6) is -0.963. The molecule has 8 heteroatoms. The lowest BCUT2D eigenvalue weighted by Gasteiger charge is -2.04. The molecule has 3 aromatic carbocycles. The fourth-order valence-electron chi connectivity index (χ4n) is 3.78. The highest BCUT2D eigenvalue weighted by Gasteiger charge is 2.25. The van der Waals surface area contributed by atoms with Crippen LogP contribution in [0.15, 0.2) is 89.3 Å². The number of carbonyl (C=O) groups excluding carboxylic acids is 2. The van der Waals surface area contributed by atoms with Gasteiger partial charge in [0.15, 0.2) is 12.3 Å². The van der Waals surface area contributed by atoms with Crippen molar-refractivity contribution in [2.45, 2.75) is 0 Å². The molecule has 2 heterocycles. The zero-order valence-electron chi connectivity index (χ0n) is 18.3. The minimum Gasteiger partial charge on any atom is -0.451 e. The second-order valence-corrected chi connectivity index (χ2v) is 7.60. The molecular formula is C27H18N4O4. The summed E-state index contributed by atoms with van der Waals surface area (Å²) in [6.07, 6.45) is 0. The molecular weight excluding hydrogens is 444 g/mol. The van der Waals surface area contributed by atoms with Gasteiger partial charge in [-0.15, -0.1) is 0 Å². The summed E-state index contributed by atoms with van der Waals surface area (Å²) in [6, 6.07) is 27.8. The molecule has 0 aliphatic rings. The van der Waals surface area contributed by atoms with Crippen molar-refractivity contribution >= 4 is 28.7 Å². The van der Waals surface area contributed by atoms with Crippen LogP contribution in [0.1, 0.15) is 16.1 Å². The third kappa shape index (κ3) is 4.26. The molecule has 35 heavy (non-hydrogen) atoms. The van der Waals surface area contributed by atoms with Crippen LogP contribution in [0, 0.1) is 11.3 Å². The van der Waals surface area contributed by atoms with Crippen LogP contribution in [0.25, 0.3) is 33.4 Å². The highest BCUT2D eigenvalue weighted by atomic mass is 16.5. The maximum atomic E-state index is 12.6. The summed E-state index contributed by atoms with van der Waals surface area (Å²) >= 11 is 0. The second-order valence-electron chi connectivity index (χ2n) is 7.60. The number of rotatable bonds is 6. The largest absolute Gasteiger partial charge is 0.451 e. The van der Waals surface area contributed by atoms with E-state index in [1.54, 1.807) is 18.2 Å². The smallest absolute Gasteiger partial charge is 0.359 e. The summed E-state index contributed by atoms with van der Waals surface area (Å²) in [5, 5.41) is 19.8. The van der Waals surface area contributed by atoms with Crippen molar-refractivity contribution in [2.24, 2.45) is 0 Å². The summed E-state index contributed by atoms with van der Waals surface area (Å²) in [7, 11) is 0. The number of H-pyrrole nitrogens is 1. The standard InChI is InChI=1S/C27H18N4O4/c28-15-20-23(17-9-3-1-4-10-17)25(18-11-5-2-6-12-18)35-26(20)29-22(32)16-34-27(33)24-19-13-7-8-14-21(19)30-31-24/h1-14H,16H2,(H,29,32)(H,30,31). The highest BCUT2D eigenvalue weighted by molar-refractivity contribution is 6.03. The number of benzene rings is 3. The van der Waals surface area contributed by atoms with Crippen molar-refractivity contribution in [2.75, 3.05) is 11.9 Å². The normalized spacial score (nSPS) is 10.6. The van der Waals surface area contributed by atoms with E-state index in [-0.39, 0.29) is 17.1 Å². The Morgan fingerprint density at radius 2 is 1.60 bits per heavy atom. The van der Waals surface area contributed by atoms with Crippen molar-refractivity contribution in [3.63, 3.8) is 0 Å². The van der Waals surface area contributed by atoms with Crippen molar-refractivity contribution in [3.8, 4) is 28.5 Å². The SMILES string of the molecule is N#Cc1c(NC(=O)COC(=O)c2n[nH]c3ccccc23)oc(-c2ccccc2)c1-c1ccccc1. The zero-order chi connectivity index (χ0) is 24.2. The van der Waals surface area contributed by atoms with Crippen LogP contribution >= 0.6 is 0 Å². The van der Waals surface area contributed by atoms with Gasteiger partial charge in [-0.25, -0.2) is 4.79 Å². The van der Waals surface area contributed by atoms with Crippen molar-refractivity contribution in [3.05, 3.63) is 96.2 Å². The molecule has 0 fully saturated rings. The zero-order valence-corrected chi connectivity index (χ0v) is 18.3. The number of aromatic nitrogens is 2. The summed E-state index contributed by atoms with van der Waals surface area (Å²) < 4.78 is 11.1. The lowest BCUT2D eigenvalue weighted by Crippen LogP contribution is -2.21. The average molecular weight is 462 g/mol. The van der Waals surface area contributed by atoms with Gasteiger partial charge < -0.3 is 9.15 Å². The van der Waals surface area contributed by atoms with E-state index in [1.807, 2.05) is 66.7 Å². The third-order valence-electron chi connectivity index (χ3n) is 5.37. The molecule has 5 aromatic rings. The first kappa shape index (κ1) is 21.7. The molecule has 5 rings (SSSR count).